The van der Waals surface area contributed by atoms with Crippen molar-refractivity contribution in [2.24, 2.45) is 0 Å². The summed E-state index contributed by atoms with van der Waals surface area (Å²) in [4.78, 5) is 25.6. The second kappa shape index (κ2) is 9.33. The highest BCUT2D eigenvalue weighted by molar-refractivity contribution is 5.95. The first kappa shape index (κ1) is 18.3. The van der Waals surface area contributed by atoms with Crippen molar-refractivity contribution in [2.75, 3.05) is 13.2 Å². The lowest BCUT2D eigenvalue weighted by atomic mass is 10.1. The maximum absolute atomic E-state index is 12.4. The van der Waals surface area contributed by atoms with E-state index in [1.807, 2.05) is 13.0 Å². The maximum atomic E-state index is 12.4. The quantitative estimate of drug-likeness (QED) is 0.547. The number of carbonyl (C=O) groups is 2. The van der Waals surface area contributed by atoms with Crippen LogP contribution in [0.5, 0.6) is 5.75 Å². The molecule has 5 nitrogen and oxygen atoms in total. The molecule has 1 amide bonds. The predicted molar refractivity (Wildman–Crippen MR) is 94.1 cm³/mol. The minimum atomic E-state index is -0.187. The molecule has 1 aromatic carbocycles. The van der Waals surface area contributed by atoms with E-state index in [9.17, 15) is 9.59 Å². The monoisotopic (exact) mass is 339 g/mol. The van der Waals surface area contributed by atoms with Gasteiger partial charge in [-0.2, -0.15) is 0 Å². The Morgan fingerprint density at radius 2 is 1.96 bits per heavy atom. The van der Waals surface area contributed by atoms with Gasteiger partial charge in [0.25, 0.3) is 5.91 Å². The van der Waals surface area contributed by atoms with Crippen LogP contribution >= 0.6 is 0 Å². The number of ether oxygens (including phenoxy) is 1. The number of furan rings is 1. The van der Waals surface area contributed by atoms with Crippen LogP contribution in [0.15, 0.2) is 47.1 Å². The summed E-state index contributed by atoms with van der Waals surface area (Å²) in [6, 6.07) is 10.4. The number of ketones is 1. The van der Waals surface area contributed by atoms with Gasteiger partial charge in [-0.25, -0.2) is 0 Å². The molecule has 1 aromatic heterocycles. The maximum Gasteiger partial charge on any atom is 0.261 e. The van der Waals surface area contributed by atoms with Gasteiger partial charge in [-0.1, -0.05) is 12.8 Å². The topological polar surface area (TPSA) is 59.8 Å². The average Bonchev–Trinajstić information content (AvgIpc) is 3.16. The second-order valence-electron chi connectivity index (χ2n) is 5.35. The summed E-state index contributed by atoms with van der Waals surface area (Å²) in [6.45, 7) is 4.09. The molecule has 0 radical (unpaired) electrons. The van der Waals surface area contributed by atoms with Gasteiger partial charge < -0.3 is 14.1 Å². The lowest BCUT2D eigenvalue weighted by molar-refractivity contribution is -0.133. The Labute approximate surface area is 147 Å². The van der Waals surface area contributed by atoms with Gasteiger partial charge in [0.15, 0.2) is 12.4 Å². The molecule has 2 aromatic rings. The summed E-state index contributed by atoms with van der Waals surface area (Å²) in [6.07, 6.45) is 2.03. The minimum Gasteiger partial charge on any atom is -0.484 e. The van der Waals surface area contributed by atoms with Gasteiger partial charge in [0, 0.05) is 12.0 Å². The fraction of sp³-hybridized carbons (Fsp3) is 0.300. The van der Waals surface area contributed by atoms with Crippen molar-refractivity contribution >= 4 is 11.7 Å². The van der Waals surface area contributed by atoms with Crippen LogP contribution in [0.25, 0.3) is 0 Å². The summed E-state index contributed by atoms with van der Waals surface area (Å²) in [5, 5.41) is 0. The molecule has 0 aliphatic carbocycles. The molecule has 0 atom stereocenters. The van der Waals surface area contributed by atoms with Crippen LogP contribution in [0.3, 0.4) is 0 Å². The molecule has 0 saturated carbocycles. The Kier molecular flexibility index (Phi) is 6.85. The molecular weight excluding hydrogens is 318 g/mol. The lowest BCUT2D eigenvalue weighted by Crippen LogP contribution is -2.34. The summed E-state index contributed by atoms with van der Waals surface area (Å²) in [7, 11) is 0. The zero-order valence-corrected chi connectivity index (χ0v) is 14.5. The number of Topliss-reactive ketones (excluding diaryl/α,β-unsaturated/α-hetero) is 1. The van der Waals surface area contributed by atoms with Crippen LogP contribution in [-0.4, -0.2) is 29.7 Å². The zero-order chi connectivity index (χ0) is 18.1. The van der Waals surface area contributed by atoms with Gasteiger partial charge in [0.2, 0.25) is 0 Å². The largest absolute Gasteiger partial charge is 0.484 e. The van der Waals surface area contributed by atoms with E-state index in [1.54, 1.807) is 48.4 Å². The number of carbonyl (C=O) groups excluding carboxylic acids is 2. The molecule has 0 bridgehead atoms. The summed E-state index contributed by atoms with van der Waals surface area (Å²) in [5.41, 5.74) is 0.638. The van der Waals surface area contributed by atoms with E-state index in [0.29, 0.717) is 36.6 Å². The highest BCUT2D eigenvalue weighted by atomic mass is 16.5. The molecule has 0 N–H and O–H groups in total. The highest BCUT2D eigenvalue weighted by Gasteiger charge is 2.15. The molecule has 0 unspecified atom stereocenters. The van der Waals surface area contributed by atoms with E-state index in [1.165, 1.54) is 0 Å². The van der Waals surface area contributed by atoms with Crippen LogP contribution < -0.4 is 4.74 Å². The van der Waals surface area contributed by atoms with Gasteiger partial charge in [0.05, 0.1) is 19.4 Å². The Hall–Kier alpha value is -3.00. The van der Waals surface area contributed by atoms with Gasteiger partial charge in [-0.05, 0) is 43.3 Å². The van der Waals surface area contributed by atoms with Crippen LogP contribution in [0.1, 0.15) is 36.4 Å². The first-order chi connectivity index (χ1) is 12.1. The molecule has 1 heterocycles. The third-order valence-electron chi connectivity index (χ3n) is 3.59. The molecule has 5 heteroatoms. The van der Waals surface area contributed by atoms with Crippen molar-refractivity contribution in [3.63, 3.8) is 0 Å². The minimum absolute atomic E-state index is 0.0744. The zero-order valence-electron chi connectivity index (χ0n) is 14.5. The second-order valence-corrected chi connectivity index (χ2v) is 5.35. The van der Waals surface area contributed by atoms with E-state index in [4.69, 9.17) is 9.15 Å². The van der Waals surface area contributed by atoms with Gasteiger partial charge >= 0.3 is 0 Å². The lowest BCUT2D eigenvalue weighted by Gasteiger charge is -2.19. The van der Waals surface area contributed by atoms with E-state index in [-0.39, 0.29) is 18.3 Å². The standard InChI is InChI=1S/C20H21NO4/c1-3-5-12-21(14-18-7-6-13-24-18)20(23)15-25-17-10-8-16(9-11-17)19(22)4-2/h6-11,13H,4,12,14-15H2,1-2H3. The van der Waals surface area contributed by atoms with Crippen molar-refractivity contribution in [2.45, 2.75) is 26.8 Å². The molecular formula is C20H21NO4. The normalized spacial score (nSPS) is 9.84. The van der Waals surface area contributed by atoms with Gasteiger partial charge in [0.1, 0.15) is 11.5 Å². The molecule has 0 aliphatic heterocycles. The van der Waals surface area contributed by atoms with Crippen LogP contribution in [0, 0.1) is 11.8 Å². The number of nitrogens with zero attached hydrogens (tertiary/aromatic N) is 1. The number of benzene rings is 1. The molecule has 25 heavy (non-hydrogen) atoms. The highest BCUT2D eigenvalue weighted by Crippen LogP contribution is 2.14. The predicted octanol–water partition coefficient (Wildman–Crippen LogP) is 3.30. The SMILES string of the molecule is CC#CCN(Cc1ccco1)C(=O)COc1ccc(C(=O)CC)cc1. The number of amides is 1. The van der Waals surface area contributed by atoms with Gasteiger partial charge in [-0.15, -0.1) is 5.92 Å². The van der Waals surface area contributed by atoms with Crippen LogP contribution in [0.4, 0.5) is 0 Å². The fourth-order valence-electron chi connectivity index (χ4n) is 2.17. The smallest absolute Gasteiger partial charge is 0.261 e. The fourth-order valence-corrected chi connectivity index (χ4v) is 2.17. The summed E-state index contributed by atoms with van der Waals surface area (Å²) < 4.78 is 10.8. The van der Waals surface area contributed by atoms with E-state index in [0.717, 1.165) is 0 Å². The van der Waals surface area contributed by atoms with E-state index < -0.39 is 0 Å². The molecule has 0 spiro atoms. The Morgan fingerprint density at radius 3 is 2.56 bits per heavy atom. The van der Waals surface area contributed by atoms with Crippen molar-refractivity contribution in [3.8, 4) is 17.6 Å². The Morgan fingerprint density at radius 1 is 1.20 bits per heavy atom. The van der Waals surface area contributed by atoms with Crippen molar-refractivity contribution in [3.05, 3.63) is 54.0 Å². The van der Waals surface area contributed by atoms with Crippen LogP contribution in [-0.2, 0) is 11.3 Å². The van der Waals surface area contributed by atoms with Gasteiger partial charge in [-0.3, -0.25) is 9.59 Å². The first-order valence-electron chi connectivity index (χ1n) is 8.09. The molecule has 0 saturated heterocycles. The number of rotatable bonds is 8. The van der Waals surface area contributed by atoms with Crippen LogP contribution in [0.2, 0.25) is 0 Å². The summed E-state index contributed by atoms with van der Waals surface area (Å²) in [5.74, 6) is 6.79. The molecule has 130 valence electrons. The van der Waals surface area contributed by atoms with Crippen molar-refractivity contribution in [1.82, 2.24) is 4.90 Å². The van der Waals surface area contributed by atoms with E-state index >= 15 is 0 Å². The van der Waals surface area contributed by atoms with E-state index in [2.05, 4.69) is 11.8 Å². The number of hydrogen-bond donors (Lipinski definition) is 0. The van der Waals surface area contributed by atoms with Crippen molar-refractivity contribution < 1.29 is 18.7 Å². The molecule has 2 rings (SSSR count). The Balaban J connectivity index is 1.95. The average molecular weight is 339 g/mol. The van der Waals surface area contributed by atoms with Crippen molar-refractivity contribution in [1.29, 1.82) is 0 Å². The first-order valence-corrected chi connectivity index (χ1v) is 8.09. The molecule has 0 aliphatic rings. The number of hydrogen-bond acceptors (Lipinski definition) is 4. The Bertz CT molecular complexity index is 751. The molecule has 0 fully saturated rings. The third kappa shape index (κ3) is 5.54. The third-order valence-corrected chi connectivity index (χ3v) is 3.59. The summed E-state index contributed by atoms with van der Waals surface area (Å²) >= 11 is 0.